The molecule has 1 aliphatic rings. The highest BCUT2D eigenvalue weighted by molar-refractivity contribution is 6.06. The van der Waals surface area contributed by atoms with E-state index < -0.39 is 23.3 Å². The van der Waals surface area contributed by atoms with E-state index in [2.05, 4.69) is 31.2 Å². The van der Waals surface area contributed by atoms with Crippen molar-refractivity contribution in [3.8, 4) is 0 Å². The number of carbonyl (C=O) groups is 1. The zero-order valence-corrected chi connectivity index (χ0v) is 15.5. The van der Waals surface area contributed by atoms with E-state index in [1.807, 2.05) is 12.1 Å². The van der Waals surface area contributed by atoms with Crippen LogP contribution in [-0.4, -0.2) is 15.7 Å². The first-order valence-corrected chi connectivity index (χ1v) is 8.49. The molecule has 0 saturated heterocycles. The summed E-state index contributed by atoms with van der Waals surface area (Å²) >= 11 is 0. The lowest BCUT2D eigenvalue weighted by Gasteiger charge is -2.19. The molecule has 1 amide bonds. The highest BCUT2D eigenvalue weighted by Crippen LogP contribution is 2.48. The lowest BCUT2D eigenvalue weighted by molar-refractivity contribution is -0.144. The molecule has 0 radical (unpaired) electrons. The smallest absolute Gasteiger partial charge is 0.322 e. The fourth-order valence-electron chi connectivity index (χ4n) is 4.21. The second kappa shape index (κ2) is 5.86. The number of aryl methyl sites for hydroxylation is 2. The van der Waals surface area contributed by atoms with Gasteiger partial charge in [-0.1, -0.05) is 32.9 Å². The zero-order valence-electron chi connectivity index (χ0n) is 15.5. The normalized spacial score (nSPS) is 18.7. The average molecular weight is 365 g/mol. The van der Waals surface area contributed by atoms with Gasteiger partial charge in [0.2, 0.25) is 0 Å². The molecule has 0 spiro atoms. The number of benzene rings is 1. The van der Waals surface area contributed by atoms with Gasteiger partial charge >= 0.3 is 6.18 Å². The molecule has 0 fully saturated rings. The van der Waals surface area contributed by atoms with E-state index in [1.165, 1.54) is 14.0 Å². The van der Waals surface area contributed by atoms with Crippen molar-refractivity contribution >= 4 is 11.6 Å². The van der Waals surface area contributed by atoms with Crippen LogP contribution in [0.4, 0.5) is 18.9 Å². The largest absolute Gasteiger partial charge is 0.433 e. The quantitative estimate of drug-likeness (QED) is 0.832. The van der Waals surface area contributed by atoms with Crippen molar-refractivity contribution in [3.63, 3.8) is 0 Å². The van der Waals surface area contributed by atoms with Gasteiger partial charge in [0.05, 0.1) is 11.3 Å². The maximum absolute atomic E-state index is 13.4. The van der Waals surface area contributed by atoms with Crippen molar-refractivity contribution in [2.75, 3.05) is 5.32 Å². The molecule has 7 heteroatoms. The highest BCUT2D eigenvalue weighted by Gasteiger charge is 2.41. The van der Waals surface area contributed by atoms with Crippen LogP contribution in [0.1, 0.15) is 66.0 Å². The predicted molar refractivity (Wildman–Crippen MR) is 93.4 cm³/mol. The summed E-state index contributed by atoms with van der Waals surface area (Å²) in [6.45, 7) is 7.74. The molecule has 26 heavy (non-hydrogen) atoms. The Morgan fingerprint density at radius 3 is 2.62 bits per heavy atom. The molecule has 3 rings (SSSR count). The number of nitrogens with zero attached hydrogens (tertiary/aromatic N) is 2. The van der Waals surface area contributed by atoms with Gasteiger partial charge in [-0.25, -0.2) is 0 Å². The van der Waals surface area contributed by atoms with Crippen LogP contribution in [0.15, 0.2) is 18.2 Å². The Hall–Kier alpha value is -2.31. The predicted octanol–water partition coefficient (Wildman–Crippen LogP) is 4.78. The number of hydrogen-bond donors (Lipinski definition) is 1. The van der Waals surface area contributed by atoms with Gasteiger partial charge in [-0.3, -0.25) is 9.48 Å². The van der Waals surface area contributed by atoms with Gasteiger partial charge in [0, 0.05) is 12.7 Å². The van der Waals surface area contributed by atoms with Gasteiger partial charge in [0.25, 0.3) is 5.91 Å². The van der Waals surface area contributed by atoms with Crippen LogP contribution in [-0.2, 0) is 18.6 Å². The van der Waals surface area contributed by atoms with Gasteiger partial charge in [-0.05, 0) is 41.9 Å². The maximum Gasteiger partial charge on any atom is 0.433 e. The minimum atomic E-state index is -4.66. The Balaban J connectivity index is 2.03. The number of fused-ring (bicyclic) bond motifs is 1. The van der Waals surface area contributed by atoms with Crippen LogP contribution in [0.5, 0.6) is 0 Å². The molecule has 1 atom stereocenters. The molecule has 0 aliphatic heterocycles. The van der Waals surface area contributed by atoms with E-state index in [0.29, 0.717) is 10.4 Å². The molecule has 2 aromatic rings. The van der Waals surface area contributed by atoms with Gasteiger partial charge in [0.1, 0.15) is 0 Å². The third kappa shape index (κ3) is 2.89. The third-order valence-corrected chi connectivity index (χ3v) is 5.11. The Labute approximate surface area is 150 Å². The monoisotopic (exact) mass is 365 g/mol. The summed E-state index contributed by atoms with van der Waals surface area (Å²) in [5.41, 5.74) is 1.26. The first-order chi connectivity index (χ1) is 11.9. The van der Waals surface area contributed by atoms with E-state index in [0.717, 1.165) is 17.5 Å². The maximum atomic E-state index is 13.4. The lowest BCUT2D eigenvalue weighted by Crippen LogP contribution is -2.21. The summed E-state index contributed by atoms with van der Waals surface area (Å²) in [7, 11) is 1.19. The van der Waals surface area contributed by atoms with Crippen molar-refractivity contribution in [1.29, 1.82) is 0 Å². The molecule has 1 aromatic heterocycles. The molecule has 0 saturated carbocycles. The van der Waals surface area contributed by atoms with Gasteiger partial charge in [0.15, 0.2) is 5.69 Å². The first-order valence-electron chi connectivity index (χ1n) is 8.49. The highest BCUT2D eigenvalue weighted by atomic mass is 19.4. The summed E-state index contributed by atoms with van der Waals surface area (Å²) in [4.78, 5) is 12.7. The van der Waals surface area contributed by atoms with Crippen molar-refractivity contribution in [2.24, 2.45) is 7.05 Å². The summed E-state index contributed by atoms with van der Waals surface area (Å²) in [5.74, 6) is -0.568. The van der Waals surface area contributed by atoms with Crippen molar-refractivity contribution in [1.82, 2.24) is 9.78 Å². The van der Waals surface area contributed by atoms with E-state index >= 15 is 0 Å². The Kier molecular flexibility index (Phi) is 4.16. The molecular formula is C19H22F3N3O. The number of amides is 1. The number of alkyl halides is 3. The molecule has 4 nitrogen and oxygen atoms in total. The van der Waals surface area contributed by atoms with Gasteiger partial charge in [-0.15, -0.1) is 0 Å². The van der Waals surface area contributed by atoms with Crippen molar-refractivity contribution < 1.29 is 18.0 Å². The van der Waals surface area contributed by atoms with Crippen LogP contribution in [0.2, 0.25) is 0 Å². The van der Waals surface area contributed by atoms with Crippen LogP contribution in [0.25, 0.3) is 0 Å². The average Bonchev–Trinajstić information content (AvgIpc) is 2.92. The SMILES string of the molecule is Cc1nn(C)c(C(F)(F)F)c1C(=O)Nc1cccc2c1C(C)CC2(C)C. The Morgan fingerprint density at radius 1 is 1.35 bits per heavy atom. The third-order valence-electron chi connectivity index (χ3n) is 5.11. The number of aromatic nitrogens is 2. The zero-order chi connectivity index (χ0) is 19.4. The minimum absolute atomic E-state index is 0.0309. The van der Waals surface area contributed by atoms with Gasteiger partial charge in [-0.2, -0.15) is 18.3 Å². The molecule has 1 aromatic carbocycles. The number of carbonyl (C=O) groups excluding carboxylic acids is 1. The molecule has 1 heterocycles. The van der Waals surface area contributed by atoms with Crippen LogP contribution >= 0.6 is 0 Å². The Morgan fingerprint density at radius 2 is 2.00 bits per heavy atom. The Bertz CT molecular complexity index is 881. The summed E-state index contributed by atoms with van der Waals surface area (Å²) in [6.07, 6.45) is -3.73. The standard InChI is InChI=1S/C19H22F3N3O/c1-10-9-18(3,4)12-7-6-8-13(14(10)12)23-17(26)15-11(2)24-25(5)16(15)19(20,21)22/h6-8,10H,9H2,1-5H3,(H,23,26). The number of rotatable bonds is 2. The topological polar surface area (TPSA) is 46.9 Å². The van der Waals surface area contributed by atoms with Crippen molar-refractivity contribution in [2.45, 2.75) is 51.6 Å². The van der Waals surface area contributed by atoms with E-state index in [1.54, 1.807) is 6.07 Å². The number of hydrogen-bond acceptors (Lipinski definition) is 2. The second-order valence-electron chi connectivity index (χ2n) is 7.64. The fraction of sp³-hybridized carbons (Fsp3) is 0.474. The van der Waals surface area contributed by atoms with E-state index in [-0.39, 0.29) is 17.0 Å². The van der Waals surface area contributed by atoms with Crippen molar-refractivity contribution in [3.05, 3.63) is 46.3 Å². The molecular weight excluding hydrogens is 343 g/mol. The summed E-state index contributed by atoms with van der Waals surface area (Å²) in [5, 5.41) is 6.49. The van der Waals surface area contributed by atoms with E-state index in [4.69, 9.17) is 0 Å². The first kappa shape index (κ1) is 18.5. The molecule has 1 N–H and O–H groups in total. The minimum Gasteiger partial charge on any atom is -0.322 e. The molecule has 1 aliphatic carbocycles. The van der Waals surface area contributed by atoms with Crippen LogP contribution in [0.3, 0.4) is 0 Å². The number of anilines is 1. The summed E-state index contributed by atoms with van der Waals surface area (Å²) in [6, 6.07) is 5.59. The van der Waals surface area contributed by atoms with E-state index in [9.17, 15) is 18.0 Å². The lowest BCUT2D eigenvalue weighted by atomic mass is 9.86. The molecule has 0 bridgehead atoms. The second-order valence-corrected chi connectivity index (χ2v) is 7.64. The fourth-order valence-corrected chi connectivity index (χ4v) is 4.21. The number of halogens is 3. The van der Waals surface area contributed by atoms with Crippen LogP contribution < -0.4 is 5.32 Å². The van der Waals surface area contributed by atoms with Gasteiger partial charge < -0.3 is 5.32 Å². The van der Waals surface area contributed by atoms with Crippen LogP contribution in [0, 0.1) is 6.92 Å². The molecule has 1 unspecified atom stereocenters. The summed E-state index contributed by atoms with van der Waals surface area (Å²) < 4.78 is 40.8. The molecule has 140 valence electrons. The number of nitrogens with one attached hydrogen (secondary N) is 1.